The monoisotopic (exact) mass is 394 g/mol. The van der Waals surface area contributed by atoms with E-state index in [2.05, 4.69) is 74.4 Å². The Morgan fingerprint density at radius 2 is 1.38 bits per heavy atom. The number of hydrogen-bond acceptors (Lipinski definition) is 3. The molecule has 1 N–H and O–H groups in total. The Balaban J connectivity index is 2.30. The lowest BCUT2D eigenvalue weighted by Gasteiger charge is -2.27. The number of carbonyl (C=O) groups is 1. The molecular weight excluding hydrogens is 360 g/mol. The molecule has 0 saturated heterocycles. The minimum atomic E-state index is -0.615. The van der Waals surface area contributed by atoms with Gasteiger partial charge in [0.1, 0.15) is 17.4 Å². The van der Waals surface area contributed by atoms with Crippen LogP contribution in [0.4, 0.5) is 0 Å². The minimum Gasteiger partial charge on any atom is -0.507 e. The summed E-state index contributed by atoms with van der Waals surface area (Å²) in [4.78, 5) is 13.1. The highest BCUT2D eigenvalue weighted by atomic mass is 16.5. The van der Waals surface area contributed by atoms with Gasteiger partial charge in [0.2, 0.25) is 0 Å². The molecule has 0 saturated carbocycles. The quantitative estimate of drug-likeness (QED) is 0.454. The maximum atomic E-state index is 13.1. The average Bonchev–Trinajstić information content (AvgIpc) is 2.87. The van der Waals surface area contributed by atoms with E-state index in [4.69, 9.17) is 4.74 Å². The van der Waals surface area contributed by atoms with Crippen molar-refractivity contribution in [3.63, 3.8) is 0 Å². The Morgan fingerprint density at radius 1 is 0.793 bits per heavy atom. The van der Waals surface area contributed by atoms with Gasteiger partial charge in [0, 0.05) is 16.7 Å². The molecule has 3 nitrogen and oxygen atoms in total. The van der Waals surface area contributed by atoms with Crippen LogP contribution in [0.1, 0.15) is 96.0 Å². The summed E-state index contributed by atoms with van der Waals surface area (Å²) < 4.78 is 5.83. The lowest BCUT2D eigenvalue weighted by atomic mass is 9.76. The second-order valence-electron chi connectivity index (χ2n) is 11.3. The zero-order valence-corrected chi connectivity index (χ0v) is 19.2. The van der Waals surface area contributed by atoms with Crippen LogP contribution in [0.5, 0.6) is 11.5 Å². The standard InChI is InChI=1S/C26H34O3/c1-24(2,3)15-13-17-20(16-11-10-12-18(21(16)27)25(4,5)6)23(28)29-22(17)19(14-15)26(7,8)9/h10-14,20,27H,1-9H3. The maximum absolute atomic E-state index is 13.1. The fourth-order valence-electron chi connectivity index (χ4n) is 3.95. The summed E-state index contributed by atoms with van der Waals surface area (Å²) >= 11 is 0. The molecule has 29 heavy (non-hydrogen) atoms. The van der Waals surface area contributed by atoms with Crippen LogP contribution in [0.3, 0.4) is 0 Å². The summed E-state index contributed by atoms with van der Waals surface area (Å²) in [5.74, 6) is -0.0945. The van der Waals surface area contributed by atoms with Gasteiger partial charge in [-0.05, 0) is 27.4 Å². The smallest absolute Gasteiger partial charge is 0.323 e. The third-order valence-electron chi connectivity index (χ3n) is 5.73. The van der Waals surface area contributed by atoms with E-state index in [-0.39, 0.29) is 28.0 Å². The fraction of sp³-hybridized carbons (Fsp3) is 0.500. The van der Waals surface area contributed by atoms with Crippen molar-refractivity contribution >= 4 is 5.97 Å². The number of benzene rings is 2. The van der Waals surface area contributed by atoms with Crippen LogP contribution in [-0.4, -0.2) is 11.1 Å². The van der Waals surface area contributed by atoms with Crippen molar-refractivity contribution in [2.45, 2.75) is 84.5 Å². The number of esters is 1. The van der Waals surface area contributed by atoms with Crippen molar-refractivity contribution < 1.29 is 14.6 Å². The molecule has 1 atom stereocenters. The first-order valence-corrected chi connectivity index (χ1v) is 10.4. The highest BCUT2D eigenvalue weighted by Gasteiger charge is 2.41. The Hall–Kier alpha value is -2.29. The highest BCUT2D eigenvalue weighted by molar-refractivity contribution is 5.91. The van der Waals surface area contributed by atoms with Crippen LogP contribution in [0.2, 0.25) is 0 Å². The lowest BCUT2D eigenvalue weighted by Crippen LogP contribution is -2.17. The molecule has 1 aliphatic rings. The Kier molecular flexibility index (Phi) is 4.89. The van der Waals surface area contributed by atoms with E-state index in [0.29, 0.717) is 11.3 Å². The molecule has 0 aliphatic carbocycles. The number of rotatable bonds is 1. The molecule has 0 aromatic heterocycles. The van der Waals surface area contributed by atoms with Crippen molar-refractivity contribution in [1.82, 2.24) is 0 Å². The van der Waals surface area contributed by atoms with Gasteiger partial charge in [-0.3, -0.25) is 4.79 Å². The summed E-state index contributed by atoms with van der Waals surface area (Å²) in [6.45, 7) is 19.1. The fourth-order valence-corrected chi connectivity index (χ4v) is 3.95. The predicted octanol–water partition coefficient (Wildman–Crippen LogP) is 6.34. The molecule has 0 fully saturated rings. The molecule has 0 bridgehead atoms. The Bertz CT molecular complexity index is 963. The van der Waals surface area contributed by atoms with E-state index in [9.17, 15) is 9.90 Å². The van der Waals surface area contributed by atoms with Crippen LogP contribution in [-0.2, 0) is 21.0 Å². The number of phenols is 1. The second kappa shape index (κ2) is 6.62. The summed E-state index contributed by atoms with van der Waals surface area (Å²) in [6, 6.07) is 9.93. The van der Waals surface area contributed by atoms with Crippen LogP contribution < -0.4 is 4.74 Å². The Morgan fingerprint density at radius 3 is 1.90 bits per heavy atom. The molecule has 1 heterocycles. The number of para-hydroxylation sites is 1. The molecule has 3 heteroatoms. The third kappa shape index (κ3) is 3.80. The van der Waals surface area contributed by atoms with Gasteiger partial charge >= 0.3 is 5.97 Å². The summed E-state index contributed by atoms with van der Waals surface area (Å²) in [5.41, 5.74) is 4.03. The zero-order chi connectivity index (χ0) is 21.9. The first-order valence-electron chi connectivity index (χ1n) is 10.4. The van der Waals surface area contributed by atoms with Crippen molar-refractivity contribution in [3.05, 3.63) is 58.1 Å². The topological polar surface area (TPSA) is 46.5 Å². The molecule has 1 unspecified atom stereocenters. The van der Waals surface area contributed by atoms with Crippen molar-refractivity contribution in [2.75, 3.05) is 0 Å². The number of ether oxygens (including phenoxy) is 1. The number of fused-ring (bicyclic) bond motifs is 1. The average molecular weight is 395 g/mol. The molecule has 0 radical (unpaired) electrons. The lowest BCUT2D eigenvalue weighted by molar-refractivity contribution is -0.133. The van der Waals surface area contributed by atoms with Crippen molar-refractivity contribution in [2.24, 2.45) is 0 Å². The number of phenolic OH excluding ortho intramolecular Hbond substituents is 1. The van der Waals surface area contributed by atoms with E-state index >= 15 is 0 Å². The van der Waals surface area contributed by atoms with Gasteiger partial charge in [-0.1, -0.05) is 92.6 Å². The second-order valence-corrected chi connectivity index (χ2v) is 11.3. The summed E-state index contributed by atoms with van der Waals surface area (Å²) in [7, 11) is 0. The van der Waals surface area contributed by atoms with Gasteiger partial charge in [0.15, 0.2) is 0 Å². The van der Waals surface area contributed by atoms with E-state index in [0.717, 1.165) is 22.3 Å². The van der Waals surface area contributed by atoms with Crippen molar-refractivity contribution in [1.29, 1.82) is 0 Å². The molecule has 156 valence electrons. The molecule has 2 aromatic carbocycles. The molecule has 2 aromatic rings. The van der Waals surface area contributed by atoms with E-state index in [1.54, 1.807) is 0 Å². The number of hydrogen-bond donors (Lipinski definition) is 1. The van der Waals surface area contributed by atoms with Crippen molar-refractivity contribution in [3.8, 4) is 11.5 Å². The van der Waals surface area contributed by atoms with Crippen LogP contribution in [0.15, 0.2) is 30.3 Å². The van der Waals surface area contributed by atoms with E-state index < -0.39 is 5.92 Å². The number of aromatic hydroxyl groups is 1. The van der Waals surface area contributed by atoms with Crippen LogP contribution >= 0.6 is 0 Å². The van der Waals surface area contributed by atoms with Crippen LogP contribution in [0.25, 0.3) is 0 Å². The summed E-state index contributed by atoms with van der Waals surface area (Å²) in [6.07, 6.45) is 0. The Labute approximate surface area is 175 Å². The molecule has 0 spiro atoms. The zero-order valence-electron chi connectivity index (χ0n) is 19.2. The van der Waals surface area contributed by atoms with Gasteiger partial charge < -0.3 is 9.84 Å². The summed E-state index contributed by atoms with van der Waals surface area (Å²) in [5, 5.41) is 11.1. The maximum Gasteiger partial charge on any atom is 0.323 e. The normalized spacial score (nSPS) is 17.3. The molecular formula is C26H34O3. The third-order valence-corrected chi connectivity index (χ3v) is 5.73. The van der Waals surface area contributed by atoms with E-state index in [1.165, 1.54) is 0 Å². The minimum absolute atomic E-state index is 0.0689. The highest BCUT2D eigenvalue weighted by Crippen LogP contribution is 2.49. The number of carbonyl (C=O) groups excluding carboxylic acids is 1. The first-order chi connectivity index (χ1) is 13.1. The SMILES string of the molecule is CC(C)(C)c1cc2c(c(C(C)(C)C)c1)OC(=O)C2c1cccc(C(C)(C)C)c1O. The predicted molar refractivity (Wildman–Crippen MR) is 118 cm³/mol. The van der Waals surface area contributed by atoms with Crippen LogP contribution in [0, 0.1) is 0 Å². The molecule has 1 aliphatic heterocycles. The van der Waals surface area contributed by atoms with Gasteiger partial charge in [-0.25, -0.2) is 0 Å². The molecule has 0 amide bonds. The van der Waals surface area contributed by atoms with E-state index in [1.807, 2.05) is 18.2 Å². The van der Waals surface area contributed by atoms with Gasteiger partial charge in [0.05, 0.1) is 0 Å². The van der Waals surface area contributed by atoms with Gasteiger partial charge in [0.25, 0.3) is 0 Å². The largest absolute Gasteiger partial charge is 0.507 e. The van der Waals surface area contributed by atoms with Gasteiger partial charge in [-0.15, -0.1) is 0 Å². The first kappa shape index (κ1) is 21.4. The van der Waals surface area contributed by atoms with Gasteiger partial charge in [-0.2, -0.15) is 0 Å². The molecule has 3 rings (SSSR count).